The highest BCUT2D eigenvalue weighted by atomic mass is 79.9. The van der Waals surface area contributed by atoms with Crippen LogP contribution in [0.4, 0.5) is 0 Å². The summed E-state index contributed by atoms with van der Waals surface area (Å²) in [5.41, 5.74) is 1.52. The van der Waals surface area contributed by atoms with Crippen molar-refractivity contribution in [1.82, 2.24) is 10.1 Å². The number of carboxylic acids is 1. The molecule has 5 nitrogen and oxygen atoms in total. The summed E-state index contributed by atoms with van der Waals surface area (Å²) in [4.78, 5) is 14.1. The van der Waals surface area contributed by atoms with Gasteiger partial charge in [0.1, 0.15) is 5.56 Å². The average Bonchev–Trinajstić information content (AvgIpc) is 2.95. The van der Waals surface area contributed by atoms with Crippen molar-refractivity contribution in [2.75, 3.05) is 0 Å². The number of H-pyrrole nitrogens is 1. The summed E-state index contributed by atoms with van der Waals surface area (Å²) in [5.74, 6) is -0.838. The van der Waals surface area contributed by atoms with Crippen LogP contribution in [0.15, 0.2) is 39.5 Å². The highest BCUT2D eigenvalue weighted by Crippen LogP contribution is 2.30. The number of carbonyl (C=O) groups is 1. The smallest absolute Gasteiger partial charge is 0.341 e. The van der Waals surface area contributed by atoms with Crippen LogP contribution >= 0.6 is 15.9 Å². The average molecular weight is 307 g/mol. The van der Waals surface area contributed by atoms with Crippen molar-refractivity contribution in [3.8, 4) is 11.5 Å². The summed E-state index contributed by atoms with van der Waals surface area (Å²) in [6.07, 6.45) is 1.19. The van der Waals surface area contributed by atoms with Gasteiger partial charge in [0, 0.05) is 9.86 Å². The summed E-state index contributed by atoms with van der Waals surface area (Å²) < 4.78 is 5.91. The number of aromatic nitrogens is 2. The second kappa shape index (κ2) is 3.99. The number of halogens is 1. The van der Waals surface area contributed by atoms with E-state index in [0.29, 0.717) is 5.69 Å². The molecule has 3 rings (SSSR count). The lowest BCUT2D eigenvalue weighted by atomic mass is 10.2. The van der Waals surface area contributed by atoms with Crippen LogP contribution in [0.1, 0.15) is 10.4 Å². The minimum absolute atomic E-state index is 0.0395. The second-order valence-electron chi connectivity index (χ2n) is 3.76. The largest absolute Gasteiger partial charge is 0.477 e. The zero-order valence-electron chi connectivity index (χ0n) is 8.98. The Morgan fingerprint density at radius 2 is 2.28 bits per heavy atom. The van der Waals surface area contributed by atoms with Crippen LogP contribution in [0.5, 0.6) is 0 Å². The molecule has 0 fully saturated rings. The van der Waals surface area contributed by atoms with Crippen molar-refractivity contribution < 1.29 is 14.4 Å². The number of para-hydroxylation sites is 1. The van der Waals surface area contributed by atoms with Gasteiger partial charge in [0.15, 0.2) is 5.76 Å². The predicted octanol–water partition coefficient (Wildman–Crippen LogP) is 3.28. The molecule has 2 N–H and O–H groups in total. The van der Waals surface area contributed by atoms with Crippen molar-refractivity contribution in [1.29, 1.82) is 0 Å². The SMILES string of the molecule is O=C(O)c1cnoc1-c1cc2cccc(Br)c2[nH]1. The van der Waals surface area contributed by atoms with E-state index in [-0.39, 0.29) is 11.3 Å². The molecule has 0 atom stereocenters. The zero-order chi connectivity index (χ0) is 12.7. The predicted molar refractivity (Wildman–Crippen MR) is 68.5 cm³/mol. The summed E-state index contributed by atoms with van der Waals surface area (Å²) >= 11 is 3.43. The van der Waals surface area contributed by atoms with Gasteiger partial charge in [0.05, 0.1) is 17.4 Å². The van der Waals surface area contributed by atoms with Crippen LogP contribution in [0.2, 0.25) is 0 Å². The number of hydrogen-bond donors (Lipinski definition) is 2. The molecule has 1 aromatic carbocycles. The molecule has 0 aliphatic rings. The third kappa shape index (κ3) is 1.62. The number of carboxylic acid groups (broad SMARTS) is 1. The van der Waals surface area contributed by atoms with Crippen LogP contribution < -0.4 is 0 Å². The standard InChI is InChI=1S/C12H7BrN2O3/c13-8-3-1-2-6-4-9(15-10(6)8)11-7(12(16)17)5-14-18-11/h1-5,15H,(H,16,17). The van der Waals surface area contributed by atoms with E-state index in [0.717, 1.165) is 15.4 Å². The van der Waals surface area contributed by atoms with Gasteiger partial charge in [-0.3, -0.25) is 0 Å². The number of aromatic amines is 1. The van der Waals surface area contributed by atoms with Crippen LogP contribution in [-0.4, -0.2) is 21.2 Å². The van der Waals surface area contributed by atoms with Gasteiger partial charge in [-0.05, 0) is 28.1 Å². The van der Waals surface area contributed by atoms with Gasteiger partial charge >= 0.3 is 5.97 Å². The third-order valence-corrected chi connectivity index (χ3v) is 3.31. The minimum atomic E-state index is -1.07. The molecule has 0 bridgehead atoms. The molecule has 0 radical (unpaired) electrons. The van der Waals surface area contributed by atoms with Gasteiger partial charge in [-0.15, -0.1) is 0 Å². The molecule has 0 aliphatic heterocycles. The zero-order valence-corrected chi connectivity index (χ0v) is 10.6. The van der Waals surface area contributed by atoms with E-state index in [1.165, 1.54) is 6.20 Å². The van der Waals surface area contributed by atoms with Crippen LogP contribution in [0.25, 0.3) is 22.4 Å². The monoisotopic (exact) mass is 306 g/mol. The van der Waals surface area contributed by atoms with Crippen molar-refractivity contribution in [3.63, 3.8) is 0 Å². The Bertz CT molecular complexity index is 745. The molecule has 3 aromatic rings. The van der Waals surface area contributed by atoms with E-state index in [2.05, 4.69) is 26.1 Å². The highest BCUT2D eigenvalue weighted by molar-refractivity contribution is 9.10. The molecule has 18 heavy (non-hydrogen) atoms. The number of nitrogens with zero attached hydrogens (tertiary/aromatic N) is 1. The molecule has 2 aromatic heterocycles. The van der Waals surface area contributed by atoms with E-state index >= 15 is 0 Å². The first-order valence-corrected chi connectivity index (χ1v) is 5.91. The lowest BCUT2D eigenvalue weighted by Crippen LogP contribution is -1.95. The van der Waals surface area contributed by atoms with Crippen LogP contribution in [-0.2, 0) is 0 Å². The Balaban J connectivity index is 2.23. The van der Waals surface area contributed by atoms with Gasteiger partial charge in [-0.2, -0.15) is 0 Å². The molecule has 90 valence electrons. The first kappa shape index (κ1) is 11.0. The van der Waals surface area contributed by atoms with Gasteiger partial charge < -0.3 is 14.6 Å². The van der Waals surface area contributed by atoms with E-state index < -0.39 is 5.97 Å². The number of hydrogen-bond acceptors (Lipinski definition) is 3. The highest BCUT2D eigenvalue weighted by Gasteiger charge is 2.18. The van der Waals surface area contributed by atoms with Gasteiger partial charge in [0.25, 0.3) is 0 Å². The fourth-order valence-electron chi connectivity index (χ4n) is 1.83. The number of benzene rings is 1. The maximum atomic E-state index is 11.0. The maximum Gasteiger partial charge on any atom is 0.341 e. The number of aromatic carboxylic acids is 1. The fraction of sp³-hybridized carbons (Fsp3) is 0. The van der Waals surface area contributed by atoms with Crippen molar-refractivity contribution >= 4 is 32.8 Å². The molecular weight excluding hydrogens is 300 g/mol. The number of nitrogens with one attached hydrogen (secondary N) is 1. The van der Waals surface area contributed by atoms with Gasteiger partial charge in [-0.25, -0.2) is 4.79 Å². The van der Waals surface area contributed by atoms with Crippen molar-refractivity contribution in [2.24, 2.45) is 0 Å². The Morgan fingerprint density at radius 3 is 3.00 bits per heavy atom. The molecule has 2 heterocycles. The molecule has 6 heteroatoms. The Kier molecular flexibility index (Phi) is 2.45. The molecule has 0 saturated carbocycles. The van der Waals surface area contributed by atoms with Gasteiger partial charge in [0.2, 0.25) is 0 Å². The molecular formula is C12H7BrN2O3. The number of rotatable bonds is 2. The normalized spacial score (nSPS) is 10.9. The second-order valence-corrected chi connectivity index (χ2v) is 4.62. The number of fused-ring (bicyclic) bond motifs is 1. The molecule has 0 spiro atoms. The molecule has 0 unspecified atom stereocenters. The Labute approximate surface area is 110 Å². The summed E-state index contributed by atoms with van der Waals surface area (Å²) in [6, 6.07) is 7.56. The Hall–Kier alpha value is -2.08. The minimum Gasteiger partial charge on any atom is -0.477 e. The first-order chi connectivity index (χ1) is 8.66. The maximum absolute atomic E-state index is 11.0. The third-order valence-electron chi connectivity index (χ3n) is 2.65. The fourth-order valence-corrected chi connectivity index (χ4v) is 2.31. The molecule has 0 saturated heterocycles. The van der Waals surface area contributed by atoms with E-state index in [4.69, 9.17) is 9.63 Å². The summed E-state index contributed by atoms with van der Waals surface area (Å²) in [6.45, 7) is 0. The summed E-state index contributed by atoms with van der Waals surface area (Å²) in [7, 11) is 0. The lowest BCUT2D eigenvalue weighted by molar-refractivity contribution is 0.0697. The Morgan fingerprint density at radius 1 is 1.44 bits per heavy atom. The first-order valence-electron chi connectivity index (χ1n) is 5.12. The van der Waals surface area contributed by atoms with Crippen LogP contribution in [0, 0.1) is 0 Å². The molecule has 0 amide bonds. The van der Waals surface area contributed by atoms with E-state index in [1.807, 2.05) is 24.3 Å². The van der Waals surface area contributed by atoms with Crippen molar-refractivity contribution in [2.45, 2.75) is 0 Å². The van der Waals surface area contributed by atoms with Crippen molar-refractivity contribution in [3.05, 3.63) is 40.5 Å². The topological polar surface area (TPSA) is 79.1 Å². The van der Waals surface area contributed by atoms with E-state index in [9.17, 15) is 4.79 Å². The summed E-state index contributed by atoms with van der Waals surface area (Å²) in [5, 5.41) is 13.5. The van der Waals surface area contributed by atoms with Gasteiger partial charge in [-0.1, -0.05) is 17.3 Å². The lowest BCUT2D eigenvalue weighted by Gasteiger charge is -1.93. The molecule has 0 aliphatic carbocycles. The van der Waals surface area contributed by atoms with Crippen LogP contribution in [0.3, 0.4) is 0 Å². The quantitative estimate of drug-likeness (QED) is 0.761. The van der Waals surface area contributed by atoms with E-state index in [1.54, 1.807) is 0 Å².